The highest BCUT2D eigenvalue weighted by Gasteiger charge is 2.32. The summed E-state index contributed by atoms with van der Waals surface area (Å²) < 4.78 is 0. The molecule has 0 aliphatic rings. The van der Waals surface area contributed by atoms with E-state index in [-0.39, 0.29) is 69.5 Å². The SMILES string of the molecule is CC(C)C[C@H](NC(=O)[C@@H](NC(=O)CNC(=O)[C@H](CCCN=C(N)N)NC(=O)[C@@H](N)CCC(=O)O)[C@@H](C)O)C(=O)N[C@@H](C)C(=O)N[C@@H](CCCN=C(N)N)C(=O)O. The maximum Gasteiger partial charge on any atom is 0.326 e. The van der Waals surface area contributed by atoms with E-state index in [2.05, 4.69) is 41.9 Å². The Bertz CT molecular complexity index is 1420. The van der Waals surface area contributed by atoms with Gasteiger partial charge in [-0.25, -0.2) is 4.79 Å². The van der Waals surface area contributed by atoms with Crippen molar-refractivity contribution in [3.8, 4) is 0 Å². The van der Waals surface area contributed by atoms with Crippen LogP contribution in [0, 0.1) is 5.92 Å². The van der Waals surface area contributed by atoms with Crippen molar-refractivity contribution in [2.45, 2.75) is 115 Å². The number of guanidine groups is 2. The van der Waals surface area contributed by atoms with Crippen molar-refractivity contribution in [3.63, 3.8) is 0 Å². The molecule has 0 radical (unpaired) electrons. The highest BCUT2D eigenvalue weighted by molar-refractivity contribution is 5.96. The van der Waals surface area contributed by atoms with Crippen molar-refractivity contribution >= 4 is 59.3 Å². The van der Waals surface area contributed by atoms with E-state index >= 15 is 0 Å². The topological polar surface area (TPSA) is 424 Å². The average Bonchev–Trinajstić information content (AvgIpc) is 3.09. The zero-order chi connectivity index (χ0) is 43.1. The number of rotatable bonds is 27. The maximum atomic E-state index is 13.3. The molecule has 0 heterocycles. The first-order valence-corrected chi connectivity index (χ1v) is 17.8. The summed E-state index contributed by atoms with van der Waals surface area (Å²) in [5.41, 5.74) is 26.9. The fourth-order valence-corrected chi connectivity index (χ4v) is 4.78. The molecule has 56 heavy (non-hydrogen) atoms. The van der Waals surface area contributed by atoms with Crippen molar-refractivity contribution in [2.24, 2.45) is 44.6 Å². The molecule has 0 rings (SSSR count). The van der Waals surface area contributed by atoms with Crippen molar-refractivity contribution in [3.05, 3.63) is 0 Å². The van der Waals surface area contributed by atoms with Crippen molar-refractivity contribution in [1.82, 2.24) is 31.9 Å². The van der Waals surface area contributed by atoms with Gasteiger partial charge in [-0.3, -0.25) is 43.5 Å². The minimum absolute atomic E-state index is 0.0105. The molecule has 0 aliphatic heterocycles. The summed E-state index contributed by atoms with van der Waals surface area (Å²) in [4.78, 5) is 108. The van der Waals surface area contributed by atoms with Crippen molar-refractivity contribution < 1.29 is 53.7 Å². The molecule has 24 heteroatoms. The number of carbonyl (C=O) groups is 8. The Morgan fingerprint density at radius 3 is 1.62 bits per heavy atom. The van der Waals surface area contributed by atoms with Gasteiger partial charge in [0, 0.05) is 19.5 Å². The first-order valence-electron chi connectivity index (χ1n) is 17.8. The molecule has 0 aromatic carbocycles. The van der Waals surface area contributed by atoms with Gasteiger partial charge in [0.05, 0.1) is 18.7 Å². The fraction of sp³-hybridized carbons (Fsp3) is 0.688. The van der Waals surface area contributed by atoms with Crippen LogP contribution in [0.1, 0.15) is 72.6 Å². The minimum Gasteiger partial charge on any atom is -0.481 e. The van der Waals surface area contributed by atoms with Gasteiger partial charge in [-0.15, -0.1) is 0 Å². The summed E-state index contributed by atoms with van der Waals surface area (Å²) in [5, 5.41) is 43.0. The third-order valence-corrected chi connectivity index (χ3v) is 7.74. The number of carbonyl (C=O) groups excluding carboxylic acids is 6. The second kappa shape index (κ2) is 26.1. The molecule has 0 fully saturated rings. The predicted molar refractivity (Wildman–Crippen MR) is 202 cm³/mol. The lowest BCUT2D eigenvalue weighted by Gasteiger charge is -2.27. The monoisotopic (exact) mass is 801 g/mol. The molecule has 0 aliphatic carbocycles. The van der Waals surface area contributed by atoms with Gasteiger partial charge in [-0.05, 0) is 58.3 Å². The Labute approximate surface area is 324 Å². The molecular weight excluding hydrogens is 742 g/mol. The van der Waals surface area contributed by atoms with E-state index < -0.39 is 103 Å². The number of aliphatic carboxylic acids is 2. The van der Waals surface area contributed by atoms with E-state index in [4.69, 9.17) is 33.8 Å². The molecule has 0 spiro atoms. The van der Waals surface area contributed by atoms with Crippen LogP contribution in [-0.2, 0) is 38.4 Å². The van der Waals surface area contributed by atoms with E-state index in [0.29, 0.717) is 0 Å². The van der Waals surface area contributed by atoms with Crippen LogP contribution in [0.25, 0.3) is 0 Å². The molecule has 0 bridgehead atoms. The number of nitrogens with one attached hydrogen (secondary N) is 6. The summed E-state index contributed by atoms with van der Waals surface area (Å²) in [5.74, 6) is -8.26. The Balaban J connectivity index is 5.61. The minimum atomic E-state index is -1.62. The number of aliphatic hydroxyl groups excluding tert-OH is 1. The number of hydrogen-bond acceptors (Lipinski definition) is 12. The second-order valence-electron chi connectivity index (χ2n) is 13.3. The molecule has 0 aromatic rings. The van der Waals surface area contributed by atoms with Crippen LogP contribution < -0.4 is 60.6 Å². The van der Waals surface area contributed by atoms with Crippen LogP contribution in [-0.4, -0.2) is 137 Å². The number of amides is 6. The quantitative estimate of drug-likeness (QED) is 0.0209. The Morgan fingerprint density at radius 2 is 1.14 bits per heavy atom. The van der Waals surface area contributed by atoms with E-state index in [1.54, 1.807) is 13.8 Å². The molecule has 0 saturated heterocycles. The van der Waals surface area contributed by atoms with Gasteiger partial charge in [0.1, 0.15) is 30.2 Å². The maximum absolute atomic E-state index is 13.3. The molecule has 0 unspecified atom stereocenters. The number of aliphatic hydroxyl groups is 1. The number of carboxylic acid groups (broad SMARTS) is 2. The third kappa shape index (κ3) is 21.8. The lowest BCUT2D eigenvalue weighted by atomic mass is 10.0. The first kappa shape index (κ1) is 50.2. The smallest absolute Gasteiger partial charge is 0.326 e. The van der Waals surface area contributed by atoms with Gasteiger partial charge >= 0.3 is 11.9 Å². The van der Waals surface area contributed by atoms with Crippen molar-refractivity contribution in [1.29, 1.82) is 0 Å². The van der Waals surface area contributed by atoms with Crippen LogP contribution in [0.2, 0.25) is 0 Å². The van der Waals surface area contributed by atoms with E-state index in [9.17, 15) is 48.6 Å². The molecule has 6 amide bonds. The lowest BCUT2D eigenvalue weighted by Crippen LogP contribution is -2.60. The number of carboxylic acids is 2. The zero-order valence-electron chi connectivity index (χ0n) is 32.1. The van der Waals surface area contributed by atoms with Gasteiger partial charge < -0.3 is 75.9 Å². The highest BCUT2D eigenvalue weighted by atomic mass is 16.4. The molecule has 318 valence electrons. The van der Waals surface area contributed by atoms with Crippen molar-refractivity contribution in [2.75, 3.05) is 19.6 Å². The number of nitrogens with zero attached hydrogens (tertiary/aromatic N) is 2. The predicted octanol–water partition coefficient (Wildman–Crippen LogP) is -5.64. The normalized spacial score (nSPS) is 14.6. The highest BCUT2D eigenvalue weighted by Crippen LogP contribution is 2.08. The van der Waals surface area contributed by atoms with Crippen LogP contribution in [0.5, 0.6) is 0 Å². The third-order valence-electron chi connectivity index (χ3n) is 7.74. The summed E-state index contributed by atoms with van der Waals surface area (Å²) in [6, 6.07) is -7.95. The second-order valence-corrected chi connectivity index (χ2v) is 13.3. The summed E-state index contributed by atoms with van der Waals surface area (Å²) in [6.45, 7) is 5.49. The van der Waals surface area contributed by atoms with Crippen LogP contribution >= 0.6 is 0 Å². The zero-order valence-corrected chi connectivity index (χ0v) is 32.1. The van der Waals surface area contributed by atoms with Crippen LogP contribution in [0.4, 0.5) is 0 Å². The number of nitrogens with two attached hydrogens (primary N) is 5. The standard InChI is InChI=1S/C32H59N13O11/c1-15(2)13-21(28(53)41-16(3)25(50)43-20(30(55)56)8-6-12-39-32(36)37)44-29(54)24(17(4)46)45-22(47)14-40-27(52)19(7-5-11-38-31(34)35)42-26(51)18(33)9-10-23(48)49/h15-21,24,46H,5-14,33H2,1-4H3,(H,40,52)(H,41,53)(H,42,51)(H,43,50)(H,44,54)(H,45,47)(H,48,49)(H,55,56)(H4,34,35,38)(H4,36,37,39)/t16-,17+,18-,19-,20-,21-,24-/m0/s1. The molecule has 0 saturated carbocycles. The largest absolute Gasteiger partial charge is 0.481 e. The fourth-order valence-electron chi connectivity index (χ4n) is 4.78. The van der Waals surface area contributed by atoms with Gasteiger partial charge in [-0.2, -0.15) is 0 Å². The van der Waals surface area contributed by atoms with Gasteiger partial charge in [-0.1, -0.05) is 13.8 Å². The first-order chi connectivity index (χ1) is 26.0. The lowest BCUT2D eigenvalue weighted by molar-refractivity contribution is -0.142. The van der Waals surface area contributed by atoms with Gasteiger partial charge in [0.15, 0.2) is 11.9 Å². The van der Waals surface area contributed by atoms with Crippen LogP contribution in [0.15, 0.2) is 9.98 Å². The number of aliphatic imine (C=N–C) groups is 2. The average molecular weight is 802 g/mol. The van der Waals surface area contributed by atoms with Crippen LogP contribution in [0.3, 0.4) is 0 Å². The Hall–Kier alpha value is -5.78. The van der Waals surface area contributed by atoms with Gasteiger partial charge in [0.25, 0.3) is 0 Å². The van der Waals surface area contributed by atoms with E-state index in [1.807, 2.05) is 0 Å². The van der Waals surface area contributed by atoms with Gasteiger partial charge in [0.2, 0.25) is 35.4 Å². The number of hydrogen-bond donors (Lipinski definition) is 14. The summed E-state index contributed by atoms with van der Waals surface area (Å²) in [6.07, 6.45) is -1.63. The molecule has 19 N–H and O–H groups in total. The van der Waals surface area contributed by atoms with E-state index in [0.717, 1.165) is 0 Å². The Kier molecular flexibility index (Phi) is 23.4. The molecule has 24 nitrogen and oxygen atoms in total. The summed E-state index contributed by atoms with van der Waals surface area (Å²) in [7, 11) is 0. The Morgan fingerprint density at radius 1 is 0.625 bits per heavy atom. The molecular formula is C32H59N13O11. The molecule has 0 aromatic heterocycles. The van der Waals surface area contributed by atoms with E-state index in [1.165, 1.54) is 13.8 Å². The summed E-state index contributed by atoms with van der Waals surface area (Å²) >= 11 is 0. The molecule has 7 atom stereocenters.